The van der Waals surface area contributed by atoms with E-state index in [1.807, 2.05) is 6.07 Å². The van der Waals surface area contributed by atoms with Crippen molar-refractivity contribution in [3.8, 4) is 11.4 Å². The first-order valence-corrected chi connectivity index (χ1v) is 7.46. The van der Waals surface area contributed by atoms with E-state index < -0.39 is 0 Å². The second-order valence-electron chi connectivity index (χ2n) is 5.13. The lowest BCUT2D eigenvalue weighted by Gasteiger charge is -2.10. The minimum absolute atomic E-state index is 0.122. The highest BCUT2D eigenvalue weighted by molar-refractivity contribution is 6.42. The van der Waals surface area contributed by atoms with Gasteiger partial charge in [-0.2, -0.15) is 0 Å². The van der Waals surface area contributed by atoms with Crippen LogP contribution in [0, 0.1) is 0 Å². The number of rotatable bonds is 2. The van der Waals surface area contributed by atoms with E-state index in [1.54, 1.807) is 18.2 Å². The minimum atomic E-state index is -0.122. The zero-order valence-electron chi connectivity index (χ0n) is 10.8. The van der Waals surface area contributed by atoms with E-state index in [1.165, 1.54) is 12.8 Å². The van der Waals surface area contributed by atoms with Crippen molar-refractivity contribution in [2.45, 2.75) is 31.6 Å². The van der Waals surface area contributed by atoms with E-state index in [9.17, 15) is 4.79 Å². The van der Waals surface area contributed by atoms with Crippen molar-refractivity contribution >= 4 is 23.2 Å². The number of hydrogen-bond acceptors (Lipinski definition) is 2. The Balaban J connectivity index is 2.04. The van der Waals surface area contributed by atoms with E-state index in [0.717, 1.165) is 24.1 Å². The molecule has 5 heteroatoms. The summed E-state index contributed by atoms with van der Waals surface area (Å²) in [4.78, 5) is 19.2. The van der Waals surface area contributed by atoms with Crippen LogP contribution in [0.25, 0.3) is 11.4 Å². The van der Waals surface area contributed by atoms with E-state index in [-0.39, 0.29) is 5.56 Å². The summed E-state index contributed by atoms with van der Waals surface area (Å²) in [6.45, 7) is 0. The molecule has 104 valence electrons. The van der Waals surface area contributed by atoms with Crippen LogP contribution in [0.5, 0.6) is 0 Å². The Morgan fingerprint density at radius 2 is 1.85 bits per heavy atom. The molecule has 3 nitrogen and oxygen atoms in total. The van der Waals surface area contributed by atoms with Crippen molar-refractivity contribution in [1.82, 2.24) is 9.97 Å². The molecule has 0 aliphatic heterocycles. The highest BCUT2D eigenvalue weighted by atomic mass is 35.5. The lowest BCUT2D eigenvalue weighted by atomic mass is 10.0. The minimum Gasteiger partial charge on any atom is -0.307 e. The van der Waals surface area contributed by atoms with E-state index in [0.29, 0.717) is 21.8 Å². The number of H-pyrrole nitrogens is 1. The zero-order valence-corrected chi connectivity index (χ0v) is 12.3. The maximum absolute atomic E-state index is 11.8. The van der Waals surface area contributed by atoms with Crippen LogP contribution in [0.3, 0.4) is 0 Å². The van der Waals surface area contributed by atoms with E-state index in [2.05, 4.69) is 9.97 Å². The van der Waals surface area contributed by atoms with Gasteiger partial charge in [0.25, 0.3) is 5.56 Å². The molecule has 0 saturated heterocycles. The van der Waals surface area contributed by atoms with Crippen molar-refractivity contribution < 1.29 is 0 Å². The maximum Gasteiger partial charge on any atom is 0.251 e. The number of nitrogens with one attached hydrogen (secondary N) is 1. The van der Waals surface area contributed by atoms with Crippen LogP contribution in [0.2, 0.25) is 10.0 Å². The summed E-state index contributed by atoms with van der Waals surface area (Å²) in [5, 5.41) is 0.947. The van der Waals surface area contributed by atoms with Gasteiger partial charge in [0.05, 0.1) is 15.7 Å². The van der Waals surface area contributed by atoms with E-state index >= 15 is 0 Å². The average Bonchev–Trinajstić information content (AvgIpc) is 2.95. The maximum atomic E-state index is 11.8. The van der Waals surface area contributed by atoms with Gasteiger partial charge in [-0.25, -0.2) is 4.98 Å². The molecule has 1 aromatic carbocycles. The highest BCUT2D eigenvalue weighted by Gasteiger charge is 2.19. The third-order valence-corrected chi connectivity index (χ3v) is 4.47. The van der Waals surface area contributed by atoms with Gasteiger partial charge in [-0.3, -0.25) is 4.79 Å². The average molecular weight is 309 g/mol. The lowest BCUT2D eigenvalue weighted by Crippen LogP contribution is -2.12. The van der Waals surface area contributed by atoms with Crippen molar-refractivity contribution in [2.75, 3.05) is 0 Å². The molecule has 0 atom stereocenters. The molecule has 1 heterocycles. The summed E-state index contributed by atoms with van der Waals surface area (Å²) in [6, 6.07) is 6.85. The molecule has 3 rings (SSSR count). The second-order valence-corrected chi connectivity index (χ2v) is 5.94. The molecule has 2 aromatic rings. The first-order valence-electron chi connectivity index (χ1n) is 6.70. The van der Waals surface area contributed by atoms with Crippen LogP contribution in [-0.4, -0.2) is 9.97 Å². The van der Waals surface area contributed by atoms with Crippen LogP contribution in [0.4, 0.5) is 0 Å². The van der Waals surface area contributed by atoms with Gasteiger partial charge in [-0.05, 0) is 31.0 Å². The Hall–Kier alpha value is -1.32. The molecule has 1 aliphatic carbocycles. The summed E-state index contributed by atoms with van der Waals surface area (Å²) < 4.78 is 0. The largest absolute Gasteiger partial charge is 0.307 e. The normalized spacial score (nSPS) is 15.7. The quantitative estimate of drug-likeness (QED) is 0.893. The standard InChI is InChI=1S/C15H14Cl2N2O/c16-11-6-5-10(7-12(11)17)15-18-13(8-14(20)19-15)9-3-1-2-4-9/h5-9H,1-4H2,(H,18,19,20). The second kappa shape index (κ2) is 5.58. The monoisotopic (exact) mass is 308 g/mol. The fourth-order valence-corrected chi connectivity index (χ4v) is 2.99. The van der Waals surface area contributed by atoms with Crippen LogP contribution >= 0.6 is 23.2 Å². The Labute approximate surface area is 127 Å². The molecule has 0 radical (unpaired) electrons. The number of benzene rings is 1. The SMILES string of the molecule is O=c1cc(C2CCCC2)nc(-c2ccc(Cl)c(Cl)c2)[nH]1. The Morgan fingerprint density at radius 3 is 2.55 bits per heavy atom. The van der Waals surface area contributed by atoms with Gasteiger partial charge in [0.1, 0.15) is 5.82 Å². The van der Waals surface area contributed by atoms with E-state index in [4.69, 9.17) is 23.2 Å². The highest BCUT2D eigenvalue weighted by Crippen LogP contribution is 2.33. The van der Waals surface area contributed by atoms with Crippen LogP contribution in [0.1, 0.15) is 37.3 Å². The Kier molecular flexibility index (Phi) is 3.81. The summed E-state index contributed by atoms with van der Waals surface area (Å²) in [5.74, 6) is 0.955. The summed E-state index contributed by atoms with van der Waals surface area (Å²) in [5.41, 5.74) is 1.53. The molecule has 0 unspecified atom stereocenters. The molecule has 0 bridgehead atoms. The molecule has 20 heavy (non-hydrogen) atoms. The molecule has 1 N–H and O–H groups in total. The summed E-state index contributed by atoms with van der Waals surface area (Å²) >= 11 is 11.9. The van der Waals surface area contributed by atoms with Gasteiger partial charge in [0.15, 0.2) is 0 Å². The van der Waals surface area contributed by atoms with Gasteiger partial charge in [-0.1, -0.05) is 36.0 Å². The first-order chi connectivity index (χ1) is 9.63. The fraction of sp³-hybridized carbons (Fsp3) is 0.333. The van der Waals surface area contributed by atoms with Crippen molar-refractivity contribution in [3.05, 3.63) is 50.4 Å². The predicted octanol–water partition coefficient (Wildman–Crippen LogP) is 4.40. The van der Waals surface area contributed by atoms with Crippen LogP contribution < -0.4 is 5.56 Å². The van der Waals surface area contributed by atoms with Crippen molar-refractivity contribution in [1.29, 1.82) is 0 Å². The number of halogens is 2. The van der Waals surface area contributed by atoms with Gasteiger partial charge in [0.2, 0.25) is 0 Å². The molecule has 1 fully saturated rings. The molecule has 0 amide bonds. The number of aromatic amines is 1. The number of nitrogens with zero attached hydrogens (tertiary/aromatic N) is 1. The molecule has 1 aromatic heterocycles. The van der Waals surface area contributed by atoms with Gasteiger partial charge in [-0.15, -0.1) is 0 Å². The van der Waals surface area contributed by atoms with Gasteiger partial charge < -0.3 is 4.98 Å². The predicted molar refractivity (Wildman–Crippen MR) is 81.5 cm³/mol. The van der Waals surface area contributed by atoms with Crippen molar-refractivity contribution in [2.24, 2.45) is 0 Å². The first kappa shape index (κ1) is 13.7. The lowest BCUT2D eigenvalue weighted by molar-refractivity contribution is 0.693. The Morgan fingerprint density at radius 1 is 1.10 bits per heavy atom. The molecule has 1 aliphatic rings. The van der Waals surface area contributed by atoms with Crippen LogP contribution in [-0.2, 0) is 0 Å². The topological polar surface area (TPSA) is 45.8 Å². The third-order valence-electron chi connectivity index (χ3n) is 3.73. The smallest absolute Gasteiger partial charge is 0.251 e. The van der Waals surface area contributed by atoms with Crippen LogP contribution in [0.15, 0.2) is 29.1 Å². The molecule has 1 saturated carbocycles. The molecular weight excluding hydrogens is 295 g/mol. The third kappa shape index (κ3) is 2.74. The Bertz CT molecular complexity index is 691. The van der Waals surface area contributed by atoms with Gasteiger partial charge >= 0.3 is 0 Å². The summed E-state index contributed by atoms with van der Waals surface area (Å²) in [7, 11) is 0. The summed E-state index contributed by atoms with van der Waals surface area (Å²) in [6.07, 6.45) is 4.64. The number of aromatic nitrogens is 2. The van der Waals surface area contributed by atoms with Crippen molar-refractivity contribution in [3.63, 3.8) is 0 Å². The van der Waals surface area contributed by atoms with Gasteiger partial charge in [0, 0.05) is 17.5 Å². The fourth-order valence-electron chi connectivity index (χ4n) is 2.69. The number of hydrogen-bond donors (Lipinski definition) is 1. The zero-order chi connectivity index (χ0) is 14.1. The molecular formula is C15H14Cl2N2O. The molecule has 0 spiro atoms.